The Hall–Kier alpha value is -2.35. The molecule has 3 aromatic rings. The van der Waals surface area contributed by atoms with Crippen LogP contribution in [-0.2, 0) is 23.9 Å². The van der Waals surface area contributed by atoms with E-state index in [9.17, 15) is 18.0 Å². The highest BCUT2D eigenvalue weighted by Gasteiger charge is 2.38. The summed E-state index contributed by atoms with van der Waals surface area (Å²) in [6.45, 7) is 1.44. The van der Waals surface area contributed by atoms with E-state index in [2.05, 4.69) is 4.98 Å². The third kappa shape index (κ3) is 3.92. The Morgan fingerprint density at radius 1 is 1.14 bits per heavy atom. The molecule has 1 aromatic carbocycles. The molecule has 0 spiro atoms. The van der Waals surface area contributed by atoms with Crippen molar-refractivity contribution in [3.63, 3.8) is 0 Å². The monoisotopic (exact) mass is 407 g/mol. The average molecular weight is 407 g/mol. The normalized spacial score (nSPS) is 16.0. The molecule has 1 aliphatic rings. The molecule has 0 N–H and O–H groups in total. The van der Waals surface area contributed by atoms with Crippen molar-refractivity contribution < 1.29 is 18.0 Å². The number of hydrogen-bond donors (Lipinski definition) is 0. The fourth-order valence-electron chi connectivity index (χ4n) is 3.77. The number of piperidine rings is 1. The standard InChI is InChI=1S/C20H20F3N3OS/c21-20(22,23)19-24-16-5-1-2-6-17(16)26(19)13-14-7-9-25(10-8-14)18(27)12-15-4-3-11-28-15/h1-6,11,14H,7-10,12-13H2. The predicted molar refractivity (Wildman–Crippen MR) is 102 cm³/mol. The number of benzene rings is 1. The van der Waals surface area contributed by atoms with E-state index >= 15 is 0 Å². The Balaban J connectivity index is 1.44. The molecule has 3 heterocycles. The SMILES string of the molecule is O=C(Cc1cccs1)N1CCC(Cn2c(C(F)(F)F)nc3ccccc32)CC1. The van der Waals surface area contributed by atoms with Crippen LogP contribution in [0.1, 0.15) is 23.5 Å². The van der Waals surface area contributed by atoms with Crippen LogP contribution in [0.15, 0.2) is 41.8 Å². The average Bonchev–Trinajstić information content (AvgIpc) is 3.30. The van der Waals surface area contributed by atoms with Crippen LogP contribution in [-0.4, -0.2) is 33.4 Å². The largest absolute Gasteiger partial charge is 0.449 e. The minimum absolute atomic E-state index is 0.0875. The van der Waals surface area contributed by atoms with Crippen molar-refractivity contribution >= 4 is 28.3 Å². The van der Waals surface area contributed by atoms with Crippen molar-refractivity contribution in [2.75, 3.05) is 13.1 Å². The zero-order chi connectivity index (χ0) is 19.7. The molecule has 0 saturated carbocycles. The quantitative estimate of drug-likeness (QED) is 0.634. The lowest BCUT2D eigenvalue weighted by atomic mass is 9.96. The molecule has 0 radical (unpaired) electrons. The maximum Gasteiger partial charge on any atom is 0.449 e. The highest BCUT2D eigenvalue weighted by atomic mass is 32.1. The first-order chi connectivity index (χ1) is 13.4. The van der Waals surface area contributed by atoms with E-state index in [-0.39, 0.29) is 18.4 Å². The highest BCUT2D eigenvalue weighted by Crippen LogP contribution is 2.33. The number of alkyl halides is 3. The molecule has 4 rings (SSSR count). The molecule has 0 aliphatic carbocycles. The van der Waals surface area contributed by atoms with Gasteiger partial charge in [0, 0.05) is 24.5 Å². The van der Waals surface area contributed by atoms with E-state index in [1.807, 2.05) is 22.4 Å². The number of para-hydroxylation sites is 2. The van der Waals surface area contributed by atoms with Gasteiger partial charge in [-0.1, -0.05) is 18.2 Å². The van der Waals surface area contributed by atoms with Gasteiger partial charge < -0.3 is 9.47 Å². The number of halogens is 3. The van der Waals surface area contributed by atoms with Crippen LogP contribution in [0.3, 0.4) is 0 Å². The minimum Gasteiger partial charge on any atom is -0.342 e. The second-order valence-corrected chi connectivity index (χ2v) is 8.15. The summed E-state index contributed by atoms with van der Waals surface area (Å²) < 4.78 is 41.7. The molecule has 1 fully saturated rings. The lowest BCUT2D eigenvalue weighted by molar-refractivity contribution is -0.147. The van der Waals surface area contributed by atoms with Gasteiger partial charge >= 0.3 is 6.18 Å². The van der Waals surface area contributed by atoms with E-state index in [4.69, 9.17) is 0 Å². The first kappa shape index (κ1) is 19.0. The van der Waals surface area contributed by atoms with Gasteiger partial charge in [0.15, 0.2) is 0 Å². The summed E-state index contributed by atoms with van der Waals surface area (Å²) in [4.78, 5) is 19.1. The second-order valence-electron chi connectivity index (χ2n) is 7.11. The maximum atomic E-state index is 13.5. The highest BCUT2D eigenvalue weighted by molar-refractivity contribution is 7.10. The fraction of sp³-hybridized carbons (Fsp3) is 0.400. The van der Waals surface area contributed by atoms with E-state index in [0.717, 1.165) is 4.88 Å². The molecule has 148 valence electrons. The molecule has 0 unspecified atom stereocenters. The van der Waals surface area contributed by atoms with E-state index in [0.29, 0.717) is 43.4 Å². The Kier molecular flexibility index (Phi) is 5.14. The summed E-state index contributed by atoms with van der Waals surface area (Å²) in [5, 5.41) is 1.95. The Morgan fingerprint density at radius 2 is 1.89 bits per heavy atom. The van der Waals surface area contributed by atoms with Gasteiger partial charge in [0.1, 0.15) is 0 Å². The molecule has 1 saturated heterocycles. The van der Waals surface area contributed by atoms with E-state index in [1.54, 1.807) is 35.6 Å². The summed E-state index contributed by atoms with van der Waals surface area (Å²) >= 11 is 1.56. The number of thiophene rings is 1. The van der Waals surface area contributed by atoms with Crippen LogP contribution in [0.4, 0.5) is 13.2 Å². The molecule has 28 heavy (non-hydrogen) atoms. The number of carbonyl (C=O) groups is 1. The topological polar surface area (TPSA) is 38.1 Å². The number of likely N-dealkylation sites (tertiary alicyclic amines) is 1. The number of hydrogen-bond acceptors (Lipinski definition) is 3. The van der Waals surface area contributed by atoms with Gasteiger partial charge in [-0.15, -0.1) is 11.3 Å². The van der Waals surface area contributed by atoms with E-state index < -0.39 is 12.0 Å². The number of fused-ring (bicyclic) bond motifs is 1. The summed E-state index contributed by atoms with van der Waals surface area (Å²) in [6.07, 6.45) is -2.71. The molecular formula is C20H20F3N3OS. The van der Waals surface area contributed by atoms with Crippen LogP contribution in [0.5, 0.6) is 0 Å². The molecular weight excluding hydrogens is 387 g/mol. The Labute approximate surface area is 164 Å². The number of amides is 1. The lowest BCUT2D eigenvalue weighted by Crippen LogP contribution is -2.40. The summed E-state index contributed by atoms with van der Waals surface area (Å²) in [5.41, 5.74) is 0.865. The van der Waals surface area contributed by atoms with Crippen LogP contribution in [0.25, 0.3) is 11.0 Å². The third-order valence-corrected chi connectivity index (χ3v) is 6.10. The summed E-state index contributed by atoms with van der Waals surface area (Å²) in [6, 6.07) is 10.6. The molecule has 4 nitrogen and oxygen atoms in total. The van der Waals surface area contributed by atoms with Crippen molar-refractivity contribution in [1.29, 1.82) is 0 Å². The molecule has 1 aliphatic heterocycles. The zero-order valence-electron chi connectivity index (χ0n) is 15.2. The lowest BCUT2D eigenvalue weighted by Gasteiger charge is -2.32. The van der Waals surface area contributed by atoms with Gasteiger partial charge in [0.2, 0.25) is 11.7 Å². The van der Waals surface area contributed by atoms with Crippen molar-refractivity contribution in [2.45, 2.75) is 32.0 Å². The first-order valence-corrected chi connectivity index (χ1v) is 10.1. The fourth-order valence-corrected chi connectivity index (χ4v) is 4.47. The Bertz CT molecular complexity index is 957. The summed E-state index contributed by atoms with van der Waals surface area (Å²) in [5.74, 6) is -0.667. The van der Waals surface area contributed by atoms with Gasteiger partial charge in [0.05, 0.1) is 17.5 Å². The third-order valence-electron chi connectivity index (χ3n) is 5.22. The smallest absolute Gasteiger partial charge is 0.342 e. The van der Waals surface area contributed by atoms with E-state index in [1.165, 1.54) is 4.57 Å². The minimum atomic E-state index is -4.49. The number of imidazole rings is 1. The maximum absolute atomic E-state index is 13.5. The molecule has 0 bridgehead atoms. The van der Waals surface area contributed by atoms with Gasteiger partial charge in [0.25, 0.3) is 0 Å². The zero-order valence-corrected chi connectivity index (χ0v) is 16.0. The number of carbonyl (C=O) groups excluding carboxylic acids is 1. The van der Waals surface area contributed by atoms with Crippen molar-refractivity contribution in [3.8, 4) is 0 Å². The second kappa shape index (κ2) is 7.58. The van der Waals surface area contributed by atoms with Crippen molar-refractivity contribution in [2.24, 2.45) is 5.92 Å². The van der Waals surface area contributed by atoms with Crippen LogP contribution in [0.2, 0.25) is 0 Å². The Morgan fingerprint density at radius 3 is 2.57 bits per heavy atom. The van der Waals surface area contributed by atoms with Gasteiger partial charge in [-0.2, -0.15) is 13.2 Å². The molecule has 0 atom stereocenters. The van der Waals surface area contributed by atoms with Gasteiger partial charge in [-0.05, 0) is 42.3 Å². The van der Waals surface area contributed by atoms with Gasteiger partial charge in [-0.3, -0.25) is 4.79 Å². The van der Waals surface area contributed by atoms with Gasteiger partial charge in [-0.25, -0.2) is 4.98 Å². The van der Waals surface area contributed by atoms with Crippen LogP contribution >= 0.6 is 11.3 Å². The van der Waals surface area contributed by atoms with Crippen molar-refractivity contribution in [1.82, 2.24) is 14.5 Å². The predicted octanol–water partition coefficient (Wildman–Crippen LogP) is 4.60. The summed E-state index contributed by atoms with van der Waals surface area (Å²) in [7, 11) is 0. The molecule has 1 amide bonds. The van der Waals surface area contributed by atoms with Crippen molar-refractivity contribution in [3.05, 3.63) is 52.5 Å². The number of nitrogens with zero attached hydrogens (tertiary/aromatic N) is 3. The van der Waals surface area contributed by atoms with Crippen LogP contribution < -0.4 is 0 Å². The molecule has 8 heteroatoms. The van der Waals surface area contributed by atoms with Crippen LogP contribution in [0, 0.1) is 5.92 Å². The number of rotatable bonds is 4. The molecule has 2 aromatic heterocycles. The first-order valence-electron chi connectivity index (χ1n) is 9.24. The number of aromatic nitrogens is 2.